The summed E-state index contributed by atoms with van der Waals surface area (Å²) in [6, 6.07) is 24.0. The maximum absolute atomic E-state index is 14.2. The minimum absolute atomic E-state index is 0.00548. The minimum Gasteiger partial charge on any atom is -0.478 e. The van der Waals surface area contributed by atoms with Crippen molar-refractivity contribution in [2.45, 2.75) is 32.5 Å². The Bertz CT molecular complexity index is 1520. The highest BCUT2D eigenvalue weighted by atomic mass is 19.4. The van der Waals surface area contributed by atoms with Crippen LogP contribution in [0.2, 0.25) is 0 Å². The molecule has 0 fully saturated rings. The van der Waals surface area contributed by atoms with Crippen LogP contribution in [0.3, 0.4) is 0 Å². The van der Waals surface area contributed by atoms with Gasteiger partial charge in [0.05, 0.1) is 29.8 Å². The summed E-state index contributed by atoms with van der Waals surface area (Å²) < 4.78 is 54.1. The van der Waals surface area contributed by atoms with Crippen LogP contribution in [0, 0.1) is 12.7 Å². The van der Waals surface area contributed by atoms with Gasteiger partial charge in [-0.3, -0.25) is 4.79 Å². The van der Waals surface area contributed by atoms with Crippen molar-refractivity contribution in [3.8, 4) is 11.1 Å². The van der Waals surface area contributed by atoms with Crippen LogP contribution < -0.4 is 10.2 Å². The summed E-state index contributed by atoms with van der Waals surface area (Å²) in [6.45, 7) is 1.65. The van der Waals surface area contributed by atoms with Gasteiger partial charge in [0.25, 0.3) is 0 Å². The number of carbonyl (C=O) groups excluding carboxylic acids is 1. The Kier molecular flexibility index (Phi) is 9.07. The summed E-state index contributed by atoms with van der Waals surface area (Å²) in [5.74, 6) is -2.35. The third kappa shape index (κ3) is 8.17. The molecular formula is C32H28F4N2O3. The first-order chi connectivity index (χ1) is 19.5. The van der Waals surface area contributed by atoms with Gasteiger partial charge in [-0.2, -0.15) is 13.2 Å². The maximum Gasteiger partial charge on any atom is 0.390 e. The molecule has 0 saturated carbocycles. The second kappa shape index (κ2) is 12.7. The van der Waals surface area contributed by atoms with Gasteiger partial charge < -0.3 is 15.3 Å². The zero-order chi connectivity index (χ0) is 29.6. The fraction of sp³-hybridized carbons (Fsp3) is 0.188. The van der Waals surface area contributed by atoms with Gasteiger partial charge in [-0.25, -0.2) is 9.18 Å². The molecule has 0 bridgehead atoms. The maximum atomic E-state index is 14.2. The number of carboxylic acid groups (broad SMARTS) is 1. The number of amides is 1. The van der Waals surface area contributed by atoms with Gasteiger partial charge in [0.1, 0.15) is 5.82 Å². The molecule has 212 valence electrons. The lowest BCUT2D eigenvalue weighted by molar-refractivity contribution is -0.132. The van der Waals surface area contributed by atoms with E-state index in [0.717, 1.165) is 34.9 Å². The monoisotopic (exact) mass is 564 g/mol. The van der Waals surface area contributed by atoms with Crippen LogP contribution in [0.4, 0.5) is 28.9 Å². The Morgan fingerprint density at radius 1 is 0.878 bits per heavy atom. The number of nitrogens with one attached hydrogen (secondary N) is 1. The van der Waals surface area contributed by atoms with E-state index in [9.17, 15) is 32.3 Å². The number of hydrogen-bond donors (Lipinski definition) is 2. The van der Waals surface area contributed by atoms with E-state index in [-0.39, 0.29) is 41.9 Å². The molecule has 0 aliphatic rings. The molecule has 9 heteroatoms. The van der Waals surface area contributed by atoms with Crippen molar-refractivity contribution in [1.29, 1.82) is 0 Å². The third-order valence-electron chi connectivity index (χ3n) is 6.50. The molecule has 4 aromatic rings. The fourth-order valence-electron chi connectivity index (χ4n) is 4.46. The van der Waals surface area contributed by atoms with E-state index in [1.165, 1.54) is 23.1 Å². The van der Waals surface area contributed by atoms with E-state index in [4.69, 9.17) is 0 Å². The Morgan fingerprint density at radius 2 is 1.59 bits per heavy atom. The van der Waals surface area contributed by atoms with Crippen LogP contribution in [-0.2, 0) is 17.8 Å². The van der Waals surface area contributed by atoms with Gasteiger partial charge in [-0.15, -0.1) is 0 Å². The molecule has 1 amide bonds. The predicted molar refractivity (Wildman–Crippen MR) is 150 cm³/mol. The molecule has 41 heavy (non-hydrogen) atoms. The molecule has 0 saturated heterocycles. The molecule has 0 aromatic heterocycles. The Labute approximate surface area is 235 Å². The summed E-state index contributed by atoms with van der Waals surface area (Å²) in [5, 5.41) is 12.5. The van der Waals surface area contributed by atoms with Crippen LogP contribution in [0.15, 0.2) is 91.0 Å². The number of carbonyl (C=O) groups is 2. The lowest BCUT2D eigenvalue weighted by atomic mass is 9.98. The number of rotatable bonds is 10. The van der Waals surface area contributed by atoms with Crippen molar-refractivity contribution in [1.82, 2.24) is 0 Å². The summed E-state index contributed by atoms with van der Waals surface area (Å²) >= 11 is 0. The van der Waals surface area contributed by atoms with E-state index in [2.05, 4.69) is 5.32 Å². The van der Waals surface area contributed by atoms with E-state index in [1.807, 2.05) is 31.2 Å². The Balaban J connectivity index is 1.78. The number of halogens is 4. The second-order valence-electron chi connectivity index (χ2n) is 9.71. The van der Waals surface area contributed by atoms with E-state index < -0.39 is 30.3 Å². The van der Waals surface area contributed by atoms with Crippen LogP contribution in [0.25, 0.3) is 11.1 Å². The normalized spacial score (nSPS) is 11.2. The lowest BCUT2D eigenvalue weighted by Gasteiger charge is -2.28. The first kappa shape index (κ1) is 29.3. The van der Waals surface area contributed by atoms with Gasteiger partial charge >= 0.3 is 12.1 Å². The molecule has 0 unspecified atom stereocenters. The van der Waals surface area contributed by atoms with Gasteiger partial charge in [0.2, 0.25) is 5.91 Å². The van der Waals surface area contributed by atoms with Crippen LogP contribution in [-0.4, -0.2) is 29.7 Å². The van der Waals surface area contributed by atoms with Gasteiger partial charge in [-0.1, -0.05) is 66.2 Å². The van der Waals surface area contributed by atoms with Gasteiger partial charge in [-0.05, 0) is 59.5 Å². The summed E-state index contributed by atoms with van der Waals surface area (Å²) in [7, 11) is 0. The Hall–Kier alpha value is -4.66. The highest BCUT2D eigenvalue weighted by molar-refractivity contribution is 5.99. The average Bonchev–Trinajstić information content (AvgIpc) is 2.92. The largest absolute Gasteiger partial charge is 0.478 e. The number of nitrogens with zero attached hydrogens (tertiary/aromatic N) is 1. The zero-order valence-corrected chi connectivity index (χ0v) is 22.2. The van der Waals surface area contributed by atoms with Crippen LogP contribution >= 0.6 is 0 Å². The summed E-state index contributed by atoms with van der Waals surface area (Å²) in [6.07, 6.45) is -5.50. The molecule has 0 radical (unpaired) electrons. The van der Waals surface area contributed by atoms with Crippen molar-refractivity contribution < 1.29 is 32.3 Å². The molecule has 5 nitrogen and oxygen atoms in total. The molecule has 4 aromatic carbocycles. The van der Waals surface area contributed by atoms with Crippen molar-refractivity contribution in [3.63, 3.8) is 0 Å². The molecule has 4 rings (SSSR count). The lowest BCUT2D eigenvalue weighted by Crippen LogP contribution is -2.29. The predicted octanol–water partition coefficient (Wildman–Crippen LogP) is 7.64. The topological polar surface area (TPSA) is 69.6 Å². The number of hydrogen-bond acceptors (Lipinski definition) is 3. The standard InChI is InChI=1S/C32H28F4N2O3/c1-21-7-9-22(10-8-21)17-30(39)37-28-18-24(27-19-25(33)12-13-26(27)31(40)41)11-14-29(28)38(16-15-32(34,35)36)20-23-5-3-2-4-6-23/h2-14,18-19H,15-17,20H2,1H3,(H,37,39)(H,40,41). The Morgan fingerprint density at radius 3 is 2.24 bits per heavy atom. The first-order valence-corrected chi connectivity index (χ1v) is 12.9. The van der Waals surface area contributed by atoms with Crippen LogP contribution in [0.1, 0.15) is 33.5 Å². The number of anilines is 2. The molecule has 0 heterocycles. The van der Waals surface area contributed by atoms with Crippen molar-refractivity contribution in [2.75, 3.05) is 16.8 Å². The number of alkyl halides is 3. The number of aryl methyl sites for hydroxylation is 1. The number of benzene rings is 4. The second-order valence-corrected chi connectivity index (χ2v) is 9.71. The molecule has 2 N–H and O–H groups in total. The molecule has 0 atom stereocenters. The highest BCUT2D eigenvalue weighted by Crippen LogP contribution is 2.35. The molecule has 0 aliphatic heterocycles. The first-order valence-electron chi connectivity index (χ1n) is 12.9. The molecule has 0 spiro atoms. The van der Waals surface area contributed by atoms with Crippen LogP contribution in [0.5, 0.6) is 0 Å². The van der Waals surface area contributed by atoms with Gasteiger partial charge in [0.15, 0.2) is 0 Å². The van der Waals surface area contributed by atoms with E-state index in [0.29, 0.717) is 5.69 Å². The van der Waals surface area contributed by atoms with E-state index in [1.54, 1.807) is 30.3 Å². The highest BCUT2D eigenvalue weighted by Gasteiger charge is 2.29. The average molecular weight is 565 g/mol. The number of carboxylic acids is 1. The summed E-state index contributed by atoms with van der Waals surface area (Å²) in [5.41, 5.74) is 3.21. The van der Waals surface area contributed by atoms with Crippen molar-refractivity contribution >= 4 is 23.3 Å². The minimum atomic E-state index is -4.41. The van der Waals surface area contributed by atoms with E-state index >= 15 is 0 Å². The SMILES string of the molecule is Cc1ccc(CC(=O)Nc2cc(-c3cc(F)ccc3C(=O)O)ccc2N(CCC(F)(F)F)Cc2ccccc2)cc1. The quantitative estimate of drug-likeness (QED) is 0.194. The van der Waals surface area contributed by atoms with Crippen molar-refractivity contribution in [3.05, 3.63) is 119 Å². The third-order valence-corrected chi connectivity index (χ3v) is 6.50. The van der Waals surface area contributed by atoms with Crippen molar-refractivity contribution in [2.24, 2.45) is 0 Å². The number of aromatic carboxylic acids is 1. The molecular weight excluding hydrogens is 536 g/mol. The van der Waals surface area contributed by atoms with Gasteiger partial charge in [0, 0.05) is 13.1 Å². The fourth-order valence-corrected chi connectivity index (χ4v) is 4.46. The smallest absolute Gasteiger partial charge is 0.390 e. The zero-order valence-electron chi connectivity index (χ0n) is 22.2. The molecule has 0 aliphatic carbocycles. The summed E-state index contributed by atoms with van der Waals surface area (Å²) in [4.78, 5) is 26.5.